The van der Waals surface area contributed by atoms with Gasteiger partial charge < -0.3 is 24.6 Å². The molecule has 0 bridgehead atoms. The number of unbranched alkanes of at least 4 members (excludes halogenated alkanes) is 37. The summed E-state index contributed by atoms with van der Waals surface area (Å²) < 4.78 is 32.9. The van der Waals surface area contributed by atoms with Crippen molar-refractivity contribution in [3.63, 3.8) is 0 Å². The first-order valence-corrected chi connectivity index (χ1v) is 29.1. The molecule has 0 aromatic heterocycles. The van der Waals surface area contributed by atoms with Crippen molar-refractivity contribution in [2.75, 3.05) is 26.4 Å². The zero-order chi connectivity index (χ0) is 47.6. The van der Waals surface area contributed by atoms with Crippen LogP contribution in [0.2, 0.25) is 0 Å². The molecule has 0 aliphatic rings. The van der Waals surface area contributed by atoms with E-state index in [2.05, 4.69) is 26.0 Å². The quantitative estimate of drug-likeness (QED) is 0.0233. The highest BCUT2D eigenvalue weighted by molar-refractivity contribution is 7.47. The Balaban J connectivity index is 4.09. The second kappa shape index (κ2) is 50.6. The van der Waals surface area contributed by atoms with Crippen LogP contribution in [-0.4, -0.2) is 65.7 Å². The summed E-state index contributed by atoms with van der Waals surface area (Å²) in [6, 6.07) is 0. The normalized spacial score (nSPS) is 13.6. The lowest BCUT2D eigenvalue weighted by Gasteiger charge is -2.20. The molecule has 0 amide bonds. The number of allylic oxidation sites excluding steroid dienone is 2. The molecular weight excluding hydrogens is 840 g/mol. The minimum atomic E-state index is -4.62. The first-order chi connectivity index (χ1) is 31.7. The number of hydrogen-bond acceptors (Lipinski definition) is 9. The van der Waals surface area contributed by atoms with Gasteiger partial charge in [-0.3, -0.25) is 18.6 Å². The maximum atomic E-state index is 12.7. The van der Waals surface area contributed by atoms with E-state index in [0.717, 1.165) is 38.5 Å². The van der Waals surface area contributed by atoms with Crippen LogP contribution in [0.25, 0.3) is 0 Å². The summed E-state index contributed by atoms with van der Waals surface area (Å²) in [7, 11) is -4.62. The average Bonchev–Trinajstić information content (AvgIpc) is 3.30. The van der Waals surface area contributed by atoms with Crippen molar-refractivity contribution in [2.24, 2.45) is 0 Å². The van der Waals surface area contributed by atoms with E-state index in [1.165, 1.54) is 205 Å². The Morgan fingerprint density at radius 1 is 0.446 bits per heavy atom. The van der Waals surface area contributed by atoms with E-state index in [4.69, 9.17) is 23.6 Å². The fourth-order valence-corrected chi connectivity index (χ4v) is 8.96. The molecule has 0 aromatic rings. The Hall–Kier alpha value is -1.29. The highest BCUT2D eigenvalue weighted by Crippen LogP contribution is 2.43. The van der Waals surface area contributed by atoms with Crippen molar-refractivity contribution in [3.8, 4) is 0 Å². The third kappa shape index (κ3) is 50.4. The van der Waals surface area contributed by atoms with E-state index in [0.29, 0.717) is 12.8 Å². The molecule has 0 aliphatic heterocycles. The lowest BCUT2D eigenvalue weighted by atomic mass is 10.0. The lowest BCUT2D eigenvalue weighted by molar-refractivity contribution is -0.161. The van der Waals surface area contributed by atoms with Gasteiger partial charge in [-0.15, -0.1) is 0 Å². The second-order valence-electron chi connectivity index (χ2n) is 19.0. The largest absolute Gasteiger partial charge is 0.472 e. The first-order valence-electron chi connectivity index (χ1n) is 27.6. The molecule has 386 valence electrons. The van der Waals surface area contributed by atoms with Crippen LogP contribution in [0.1, 0.15) is 284 Å². The Kier molecular flexibility index (Phi) is 49.6. The number of aliphatic hydroxyl groups is 2. The lowest BCUT2D eigenvalue weighted by Crippen LogP contribution is -2.29. The van der Waals surface area contributed by atoms with Crippen LogP contribution >= 0.6 is 7.82 Å². The number of rotatable bonds is 53. The number of carbonyl (C=O) groups is 2. The monoisotopic (exact) mass is 945 g/mol. The van der Waals surface area contributed by atoms with E-state index in [9.17, 15) is 24.2 Å². The molecule has 11 heteroatoms. The number of ether oxygens (including phenoxy) is 2. The molecule has 0 rings (SSSR count). The van der Waals surface area contributed by atoms with Crippen molar-refractivity contribution in [2.45, 2.75) is 296 Å². The summed E-state index contributed by atoms with van der Waals surface area (Å²) in [5.74, 6) is -0.906. The molecule has 0 aliphatic carbocycles. The van der Waals surface area contributed by atoms with Gasteiger partial charge in [0.25, 0.3) is 0 Å². The molecular formula is C54H105O10P. The molecule has 0 saturated carbocycles. The van der Waals surface area contributed by atoms with Gasteiger partial charge in [-0.05, 0) is 38.5 Å². The molecule has 0 spiro atoms. The minimum absolute atomic E-state index is 0.191. The number of aliphatic hydroxyl groups excluding tert-OH is 2. The zero-order valence-corrected chi connectivity index (χ0v) is 43.4. The summed E-state index contributed by atoms with van der Waals surface area (Å²) in [5, 5.41) is 18.4. The fraction of sp³-hybridized carbons (Fsp3) is 0.926. The van der Waals surface area contributed by atoms with Gasteiger partial charge in [0, 0.05) is 12.8 Å². The van der Waals surface area contributed by atoms with Crippen LogP contribution in [0.15, 0.2) is 12.2 Å². The second-order valence-corrected chi connectivity index (χ2v) is 20.4. The highest BCUT2D eigenvalue weighted by atomic mass is 31.2. The van der Waals surface area contributed by atoms with Gasteiger partial charge in [0.2, 0.25) is 0 Å². The summed E-state index contributed by atoms with van der Waals surface area (Å²) in [4.78, 5) is 35.3. The van der Waals surface area contributed by atoms with E-state index in [1.807, 2.05) is 0 Å². The molecule has 3 atom stereocenters. The molecule has 0 radical (unpaired) electrons. The maximum absolute atomic E-state index is 12.7. The smallest absolute Gasteiger partial charge is 0.462 e. The third-order valence-corrected chi connectivity index (χ3v) is 13.4. The molecule has 10 nitrogen and oxygen atoms in total. The molecule has 0 saturated heterocycles. The maximum Gasteiger partial charge on any atom is 0.472 e. The van der Waals surface area contributed by atoms with Gasteiger partial charge >= 0.3 is 19.8 Å². The third-order valence-electron chi connectivity index (χ3n) is 12.4. The zero-order valence-electron chi connectivity index (χ0n) is 42.5. The summed E-state index contributed by atoms with van der Waals surface area (Å²) in [5.41, 5.74) is 0. The van der Waals surface area contributed by atoms with Gasteiger partial charge in [-0.2, -0.15) is 0 Å². The van der Waals surface area contributed by atoms with Crippen LogP contribution in [0.3, 0.4) is 0 Å². The van der Waals surface area contributed by atoms with E-state index >= 15 is 0 Å². The number of carbonyl (C=O) groups excluding carboxylic acids is 2. The molecule has 0 fully saturated rings. The van der Waals surface area contributed by atoms with Crippen LogP contribution in [-0.2, 0) is 32.7 Å². The van der Waals surface area contributed by atoms with Crippen LogP contribution in [0, 0.1) is 0 Å². The number of phosphoric acid groups is 1. The summed E-state index contributed by atoms with van der Waals surface area (Å²) in [6.07, 6.45) is 53.3. The number of phosphoric ester groups is 1. The molecule has 65 heavy (non-hydrogen) atoms. The fourth-order valence-electron chi connectivity index (χ4n) is 8.17. The van der Waals surface area contributed by atoms with E-state index in [-0.39, 0.29) is 19.4 Å². The van der Waals surface area contributed by atoms with Gasteiger partial charge in [-0.1, -0.05) is 244 Å². The molecule has 1 unspecified atom stereocenters. The van der Waals surface area contributed by atoms with Crippen molar-refractivity contribution >= 4 is 19.8 Å². The van der Waals surface area contributed by atoms with Gasteiger partial charge in [-0.25, -0.2) is 4.57 Å². The molecule has 0 heterocycles. The first kappa shape index (κ1) is 63.7. The van der Waals surface area contributed by atoms with Gasteiger partial charge in [0.15, 0.2) is 6.10 Å². The van der Waals surface area contributed by atoms with Crippen molar-refractivity contribution < 1.29 is 47.8 Å². The summed E-state index contributed by atoms with van der Waals surface area (Å²) in [6.45, 7) is 2.45. The highest BCUT2D eigenvalue weighted by Gasteiger charge is 2.27. The van der Waals surface area contributed by atoms with Crippen LogP contribution < -0.4 is 0 Å². The van der Waals surface area contributed by atoms with Crippen molar-refractivity contribution in [1.29, 1.82) is 0 Å². The molecule has 3 N–H and O–H groups in total. The predicted octanol–water partition coefficient (Wildman–Crippen LogP) is 15.9. The SMILES string of the molecule is CCCCCCCC/C=C/CCCCCCCCCCCCCC(=O)OC[C@H](COP(=O)(O)OC[C@@H](O)CO)OC(=O)CCCCCCCCCCCCCCCCCCCCCCC. The number of hydrogen-bond donors (Lipinski definition) is 3. The Labute approximate surface area is 400 Å². The topological polar surface area (TPSA) is 149 Å². The van der Waals surface area contributed by atoms with Gasteiger partial charge in [0.1, 0.15) is 12.7 Å². The van der Waals surface area contributed by atoms with Crippen LogP contribution in [0.4, 0.5) is 0 Å². The molecule has 0 aromatic carbocycles. The van der Waals surface area contributed by atoms with Crippen molar-refractivity contribution in [3.05, 3.63) is 12.2 Å². The summed E-state index contributed by atoms with van der Waals surface area (Å²) >= 11 is 0. The Bertz CT molecular complexity index is 1090. The van der Waals surface area contributed by atoms with E-state index in [1.54, 1.807) is 0 Å². The average molecular weight is 945 g/mol. The van der Waals surface area contributed by atoms with Gasteiger partial charge in [0.05, 0.1) is 19.8 Å². The Morgan fingerprint density at radius 3 is 1.11 bits per heavy atom. The van der Waals surface area contributed by atoms with Crippen molar-refractivity contribution in [1.82, 2.24) is 0 Å². The predicted molar refractivity (Wildman–Crippen MR) is 270 cm³/mol. The number of esters is 2. The van der Waals surface area contributed by atoms with E-state index < -0.39 is 51.8 Å². The standard InChI is InChI=1S/C54H105O10P/c1-3-5-7-9-11-13-15-17-19-21-23-25-27-29-31-33-35-37-39-41-43-45-53(57)61-49-52(50-63-65(59,60)62-48-51(56)47-55)64-54(58)46-44-42-40-38-36-34-32-30-28-26-24-22-20-18-16-14-12-10-8-6-4-2/h17,19,51-52,55-56H,3-16,18,20-50H2,1-2H3,(H,59,60)/b19-17+/t51-,52+/m0/s1. The minimum Gasteiger partial charge on any atom is -0.462 e. The van der Waals surface area contributed by atoms with Crippen LogP contribution in [0.5, 0.6) is 0 Å². The Morgan fingerprint density at radius 2 is 0.754 bits per heavy atom.